The normalized spacial score (nSPS) is 13.5. The van der Waals surface area contributed by atoms with E-state index in [1.54, 1.807) is 18.3 Å². The number of imidazole rings is 1. The lowest BCUT2D eigenvalue weighted by atomic mass is 10.1. The predicted molar refractivity (Wildman–Crippen MR) is 119 cm³/mol. The maximum absolute atomic E-state index is 5.60. The molecule has 0 radical (unpaired) electrons. The highest BCUT2D eigenvalue weighted by Gasteiger charge is 2.18. The van der Waals surface area contributed by atoms with E-state index < -0.39 is 0 Å². The second kappa shape index (κ2) is 8.13. The molecular weight excluding hydrogens is 394 g/mol. The first-order valence-corrected chi connectivity index (χ1v) is 10.1. The molecule has 0 aliphatic carbocycles. The van der Waals surface area contributed by atoms with Crippen LogP contribution in [0.25, 0.3) is 16.9 Å². The minimum Gasteiger partial charge on any atom is -0.412 e. The van der Waals surface area contributed by atoms with Gasteiger partial charge in [0.05, 0.1) is 11.4 Å². The van der Waals surface area contributed by atoms with Crippen LogP contribution < -0.4 is 31.7 Å². The average Bonchev–Trinajstić information content (AvgIpc) is 3.51. The SMILES string of the molecule is NOc1ccc(Nc2nc(-c3ccc(N4CCCC4)c(ON)c3)cc3nccn23)cc1. The highest BCUT2D eigenvalue weighted by Crippen LogP contribution is 2.35. The van der Waals surface area contributed by atoms with E-state index in [2.05, 4.69) is 15.2 Å². The topological polar surface area (TPSA) is 116 Å². The Kier molecular flexibility index (Phi) is 5.03. The Morgan fingerprint density at radius 2 is 1.74 bits per heavy atom. The van der Waals surface area contributed by atoms with Gasteiger partial charge in [0.15, 0.2) is 5.75 Å². The summed E-state index contributed by atoms with van der Waals surface area (Å²) in [7, 11) is 0. The zero-order valence-electron chi connectivity index (χ0n) is 16.9. The molecule has 158 valence electrons. The van der Waals surface area contributed by atoms with Crippen molar-refractivity contribution in [2.24, 2.45) is 11.8 Å². The van der Waals surface area contributed by atoms with Crippen LogP contribution in [0, 0.1) is 0 Å². The van der Waals surface area contributed by atoms with Gasteiger partial charge in [0.25, 0.3) is 0 Å². The van der Waals surface area contributed by atoms with Crippen LogP contribution in [0.3, 0.4) is 0 Å². The first kappa shape index (κ1) is 19.2. The van der Waals surface area contributed by atoms with Gasteiger partial charge in [0.2, 0.25) is 5.95 Å². The molecule has 0 saturated carbocycles. The minimum atomic E-state index is 0.576. The Hall–Kier alpha value is -3.82. The van der Waals surface area contributed by atoms with Gasteiger partial charge in [-0.05, 0) is 49.2 Å². The summed E-state index contributed by atoms with van der Waals surface area (Å²) >= 11 is 0. The van der Waals surface area contributed by atoms with Gasteiger partial charge in [-0.3, -0.25) is 4.40 Å². The van der Waals surface area contributed by atoms with Crippen LogP contribution in [-0.4, -0.2) is 27.5 Å². The zero-order chi connectivity index (χ0) is 21.2. The fourth-order valence-electron chi connectivity index (χ4n) is 3.89. The van der Waals surface area contributed by atoms with Crippen LogP contribution in [0.1, 0.15) is 12.8 Å². The molecule has 5 rings (SSSR count). The molecule has 1 saturated heterocycles. The van der Waals surface area contributed by atoms with Gasteiger partial charge in [-0.2, -0.15) is 11.8 Å². The maximum atomic E-state index is 5.60. The van der Waals surface area contributed by atoms with Crippen molar-refractivity contribution in [2.75, 3.05) is 23.3 Å². The van der Waals surface area contributed by atoms with Crippen molar-refractivity contribution in [3.8, 4) is 22.8 Å². The Morgan fingerprint density at radius 1 is 0.935 bits per heavy atom. The van der Waals surface area contributed by atoms with E-state index >= 15 is 0 Å². The summed E-state index contributed by atoms with van der Waals surface area (Å²) in [5.74, 6) is 12.6. The standard InChI is InChI=1S/C22H23N7O2/c23-30-17-6-4-16(5-7-17)26-22-27-18(14-21-25-9-12-29(21)22)15-3-8-19(20(13-15)31-24)28-10-1-2-11-28/h3-9,12-14H,1-2,10-11,23-24H2,(H,26,27). The van der Waals surface area contributed by atoms with Crippen molar-refractivity contribution >= 4 is 23.0 Å². The third-order valence-corrected chi connectivity index (χ3v) is 5.47. The molecule has 0 bridgehead atoms. The molecule has 5 N–H and O–H groups in total. The number of hydrogen-bond acceptors (Lipinski definition) is 8. The fourth-order valence-corrected chi connectivity index (χ4v) is 3.89. The summed E-state index contributed by atoms with van der Waals surface area (Å²) in [5, 5.41) is 3.33. The molecule has 31 heavy (non-hydrogen) atoms. The summed E-state index contributed by atoms with van der Waals surface area (Å²) in [4.78, 5) is 21.5. The number of nitrogens with two attached hydrogens (primary N) is 2. The van der Waals surface area contributed by atoms with Crippen molar-refractivity contribution in [2.45, 2.75) is 12.8 Å². The van der Waals surface area contributed by atoms with E-state index in [1.165, 1.54) is 12.8 Å². The van der Waals surface area contributed by atoms with Gasteiger partial charge >= 0.3 is 0 Å². The largest absolute Gasteiger partial charge is 0.412 e. The van der Waals surface area contributed by atoms with Crippen LogP contribution >= 0.6 is 0 Å². The highest BCUT2D eigenvalue weighted by atomic mass is 16.6. The summed E-state index contributed by atoms with van der Waals surface area (Å²) in [6, 6.07) is 15.2. The highest BCUT2D eigenvalue weighted by molar-refractivity contribution is 5.73. The number of fused-ring (bicyclic) bond motifs is 1. The molecule has 1 aliphatic rings. The molecule has 3 heterocycles. The predicted octanol–water partition coefficient (Wildman–Crippen LogP) is 3.25. The van der Waals surface area contributed by atoms with E-state index in [4.69, 9.17) is 26.5 Å². The van der Waals surface area contributed by atoms with Crippen molar-refractivity contribution in [3.05, 3.63) is 60.9 Å². The number of aromatic nitrogens is 3. The quantitative estimate of drug-likeness (QED) is 0.410. The average molecular weight is 417 g/mol. The number of nitrogens with zero attached hydrogens (tertiary/aromatic N) is 4. The molecule has 1 aliphatic heterocycles. The molecular formula is C22H23N7O2. The molecule has 4 aromatic rings. The molecule has 1 fully saturated rings. The van der Waals surface area contributed by atoms with E-state index in [1.807, 2.05) is 47.0 Å². The van der Waals surface area contributed by atoms with Gasteiger partial charge < -0.3 is 19.9 Å². The molecule has 0 amide bonds. The number of benzene rings is 2. The number of hydrogen-bond donors (Lipinski definition) is 3. The minimum absolute atomic E-state index is 0.576. The Morgan fingerprint density at radius 3 is 2.48 bits per heavy atom. The van der Waals surface area contributed by atoms with Crippen molar-refractivity contribution < 1.29 is 9.68 Å². The van der Waals surface area contributed by atoms with Crippen molar-refractivity contribution in [3.63, 3.8) is 0 Å². The van der Waals surface area contributed by atoms with Crippen molar-refractivity contribution in [1.82, 2.24) is 14.4 Å². The first-order valence-electron chi connectivity index (χ1n) is 10.1. The monoisotopic (exact) mass is 417 g/mol. The zero-order valence-corrected chi connectivity index (χ0v) is 16.9. The van der Waals surface area contributed by atoms with Crippen LogP contribution in [0.4, 0.5) is 17.3 Å². The number of nitrogens with one attached hydrogen (secondary N) is 1. The maximum Gasteiger partial charge on any atom is 0.213 e. The number of rotatable bonds is 6. The van der Waals surface area contributed by atoms with Gasteiger partial charge in [-0.25, -0.2) is 9.97 Å². The Balaban J connectivity index is 1.52. The molecule has 2 aromatic carbocycles. The van der Waals surface area contributed by atoms with E-state index in [0.717, 1.165) is 41.4 Å². The second-order valence-electron chi connectivity index (χ2n) is 7.38. The van der Waals surface area contributed by atoms with Gasteiger partial charge in [-0.1, -0.05) is 6.07 Å². The van der Waals surface area contributed by atoms with E-state index in [-0.39, 0.29) is 0 Å². The van der Waals surface area contributed by atoms with E-state index in [0.29, 0.717) is 17.4 Å². The lowest BCUT2D eigenvalue weighted by Gasteiger charge is -2.20. The van der Waals surface area contributed by atoms with Gasteiger partial charge in [0.1, 0.15) is 11.4 Å². The van der Waals surface area contributed by atoms with Crippen LogP contribution in [0.2, 0.25) is 0 Å². The Labute approximate surface area is 179 Å². The summed E-state index contributed by atoms with van der Waals surface area (Å²) < 4.78 is 1.88. The molecule has 0 unspecified atom stereocenters. The second-order valence-corrected chi connectivity index (χ2v) is 7.38. The molecule has 0 atom stereocenters. The van der Waals surface area contributed by atoms with Crippen LogP contribution in [0.5, 0.6) is 11.5 Å². The Bertz CT molecular complexity index is 1200. The third-order valence-electron chi connectivity index (χ3n) is 5.47. The lowest BCUT2D eigenvalue weighted by Crippen LogP contribution is -2.19. The molecule has 2 aromatic heterocycles. The molecule has 9 heteroatoms. The van der Waals surface area contributed by atoms with E-state index in [9.17, 15) is 0 Å². The fraction of sp³-hybridized carbons (Fsp3) is 0.182. The summed E-state index contributed by atoms with van der Waals surface area (Å²) in [6.45, 7) is 2.02. The molecule has 0 spiro atoms. The smallest absolute Gasteiger partial charge is 0.213 e. The summed E-state index contributed by atoms with van der Waals surface area (Å²) in [6.07, 6.45) is 5.95. The van der Waals surface area contributed by atoms with Crippen LogP contribution in [0.15, 0.2) is 60.9 Å². The van der Waals surface area contributed by atoms with Crippen LogP contribution in [-0.2, 0) is 0 Å². The first-order chi connectivity index (χ1) is 15.2. The lowest BCUT2D eigenvalue weighted by molar-refractivity contribution is 0.334. The van der Waals surface area contributed by atoms with Crippen molar-refractivity contribution in [1.29, 1.82) is 0 Å². The molecule has 9 nitrogen and oxygen atoms in total. The van der Waals surface area contributed by atoms with Gasteiger partial charge in [0, 0.05) is 42.8 Å². The third kappa shape index (κ3) is 3.72. The number of anilines is 3. The van der Waals surface area contributed by atoms with Gasteiger partial charge in [-0.15, -0.1) is 0 Å². The summed E-state index contributed by atoms with van der Waals surface area (Å²) in [5.41, 5.74) is 4.27.